The van der Waals surface area contributed by atoms with E-state index in [4.69, 9.17) is 14.2 Å². The highest BCUT2D eigenvalue weighted by molar-refractivity contribution is 5.67. The minimum absolute atomic E-state index is 0.100. The molecule has 2 rings (SSSR count). The third kappa shape index (κ3) is 5.12. The lowest BCUT2D eigenvalue weighted by Crippen LogP contribution is -2.31. The van der Waals surface area contributed by atoms with Crippen molar-refractivity contribution in [2.75, 3.05) is 27.8 Å². The van der Waals surface area contributed by atoms with Crippen molar-refractivity contribution in [1.82, 2.24) is 4.90 Å². The molecular weight excluding hydrogens is 322 g/mol. The molecule has 2 aromatic carbocycles. The lowest BCUT2D eigenvalue weighted by molar-refractivity contribution is 0.0787. The van der Waals surface area contributed by atoms with E-state index in [-0.39, 0.29) is 13.2 Å². The highest BCUT2D eigenvalue weighted by Crippen LogP contribution is 2.30. The Kier molecular flexibility index (Phi) is 6.65. The molecule has 0 spiro atoms. The van der Waals surface area contributed by atoms with Gasteiger partial charge in [-0.15, -0.1) is 0 Å². The Balaban J connectivity index is 1.92. The second-order valence-corrected chi connectivity index (χ2v) is 5.55. The Morgan fingerprint density at radius 1 is 1.08 bits per heavy atom. The van der Waals surface area contributed by atoms with Crippen molar-refractivity contribution in [2.45, 2.75) is 12.7 Å². The van der Waals surface area contributed by atoms with E-state index in [2.05, 4.69) is 0 Å². The number of hydrogen-bond donors (Lipinski definition) is 1. The van der Waals surface area contributed by atoms with E-state index in [9.17, 15) is 9.90 Å². The molecule has 25 heavy (non-hydrogen) atoms. The largest absolute Gasteiger partial charge is 0.493 e. The van der Waals surface area contributed by atoms with Crippen LogP contribution < -0.4 is 9.47 Å². The normalized spacial score (nSPS) is 11.5. The van der Waals surface area contributed by atoms with Gasteiger partial charge in [0.1, 0.15) is 6.61 Å². The SMILES string of the molecule is COc1ccc(C(O)CN(C)C(=O)OCc2ccccc2)cc1OC. The molecule has 0 aliphatic carbocycles. The van der Waals surface area contributed by atoms with Gasteiger partial charge in [0.05, 0.1) is 26.9 Å². The molecule has 0 aliphatic heterocycles. The van der Waals surface area contributed by atoms with Gasteiger partial charge in [0.15, 0.2) is 11.5 Å². The van der Waals surface area contributed by atoms with Crippen LogP contribution in [0.3, 0.4) is 0 Å². The van der Waals surface area contributed by atoms with Gasteiger partial charge >= 0.3 is 6.09 Å². The average molecular weight is 345 g/mol. The average Bonchev–Trinajstić information content (AvgIpc) is 2.66. The second-order valence-electron chi connectivity index (χ2n) is 5.55. The monoisotopic (exact) mass is 345 g/mol. The van der Waals surface area contributed by atoms with Crippen LogP contribution in [0.5, 0.6) is 11.5 Å². The van der Waals surface area contributed by atoms with Crippen LogP contribution in [-0.4, -0.2) is 43.9 Å². The van der Waals surface area contributed by atoms with Crippen LogP contribution in [0.25, 0.3) is 0 Å². The summed E-state index contributed by atoms with van der Waals surface area (Å²) in [6, 6.07) is 14.6. The summed E-state index contributed by atoms with van der Waals surface area (Å²) in [4.78, 5) is 13.4. The zero-order chi connectivity index (χ0) is 18.2. The lowest BCUT2D eigenvalue weighted by atomic mass is 10.1. The molecule has 134 valence electrons. The number of likely N-dealkylation sites (N-methyl/N-ethyl adjacent to an activating group) is 1. The smallest absolute Gasteiger partial charge is 0.409 e. The molecule has 1 amide bonds. The lowest BCUT2D eigenvalue weighted by Gasteiger charge is -2.21. The maximum absolute atomic E-state index is 12.1. The van der Waals surface area contributed by atoms with E-state index >= 15 is 0 Å². The van der Waals surface area contributed by atoms with E-state index in [0.717, 1.165) is 5.56 Å². The summed E-state index contributed by atoms with van der Waals surface area (Å²) in [5.74, 6) is 1.10. The summed E-state index contributed by atoms with van der Waals surface area (Å²) in [6.45, 7) is 0.291. The van der Waals surface area contributed by atoms with Crippen LogP contribution in [0.2, 0.25) is 0 Å². The molecule has 1 atom stereocenters. The topological polar surface area (TPSA) is 68.2 Å². The van der Waals surface area contributed by atoms with Gasteiger partial charge in [0, 0.05) is 7.05 Å². The van der Waals surface area contributed by atoms with Crippen LogP contribution >= 0.6 is 0 Å². The minimum Gasteiger partial charge on any atom is -0.493 e. The van der Waals surface area contributed by atoms with Gasteiger partial charge in [-0.25, -0.2) is 4.79 Å². The van der Waals surface area contributed by atoms with Gasteiger partial charge in [-0.1, -0.05) is 36.4 Å². The molecule has 0 aliphatic rings. The Morgan fingerprint density at radius 2 is 1.76 bits per heavy atom. The predicted molar refractivity (Wildman–Crippen MR) is 93.8 cm³/mol. The first-order chi connectivity index (χ1) is 12.0. The van der Waals surface area contributed by atoms with E-state index < -0.39 is 12.2 Å². The molecule has 0 bridgehead atoms. The van der Waals surface area contributed by atoms with Crippen LogP contribution in [0.15, 0.2) is 48.5 Å². The molecule has 0 radical (unpaired) electrons. The molecule has 0 fully saturated rings. The van der Waals surface area contributed by atoms with Crippen molar-refractivity contribution in [1.29, 1.82) is 0 Å². The number of ether oxygens (including phenoxy) is 3. The van der Waals surface area contributed by atoms with E-state index in [1.54, 1.807) is 32.4 Å². The van der Waals surface area contributed by atoms with Crippen molar-refractivity contribution < 1.29 is 24.1 Å². The molecular formula is C19H23NO5. The third-order valence-corrected chi connectivity index (χ3v) is 3.76. The molecule has 1 unspecified atom stereocenters. The fourth-order valence-corrected chi connectivity index (χ4v) is 2.33. The summed E-state index contributed by atoms with van der Waals surface area (Å²) in [5, 5.41) is 10.4. The number of amides is 1. The summed E-state index contributed by atoms with van der Waals surface area (Å²) in [6.07, 6.45) is -1.36. The number of hydrogen-bond acceptors (Lipinski definition) is 5. The minimum atomic E-state index is -0.867. The highest BCUT2D eigenvalue weighted by Gasteiger charge is 2.18. The Bertz CT molecular complexity index is 689. The van der Waals surface area contributed by atoms with Crippen molar-refractivity contribution in [3.05, 3.63) is 59.7 Å². The standard InChI is InChI=1S/C19H23NO5/c1-20(19(22)25-13-14-7-5-4-6-8-14)12-16(21)15-9-10-17(23-2)18(11-15)24-3/h4-11,16,21H,12-13H2,1-3H3. The van der Waals surface area contributed by atoms with Crippen LogP contribution in [-0.2, 0) is 11.3 Å². The van der Waals surface area contributed by atoms with Crippen molar-refractivity contribution >= 4 is 6.09 Å². The number of aliphatic hydroxyl groups excluding tert-OH is 1. The zero-order valence-corrected chi connectivity index (χ0v) is 14.6. The number of rotatable bonds is 7. The number of benzene rings is 2. The third-order valence-electron chi connectivity index (χ3n) is 3.76. The highest BCUT2D eigenvalue weighted by atomic mass is 16.6. The van der Waals surface area contributed by atoms with Gasteiger partial charge in [-0.3, -0.25) is 0 Å². The van der Waals surface area contributed by atoms with Crippen molar-refractivity contribution in [2.24, 2.45) is 0 Å². The van der Waals surface area contributed by atoms with Gasteiger partial charge in [0.2, 0.25) is 0 Å². The predicted octanol–water partition coefficient (Wildman–Crippen LogP) is 3.01. The number of carbonyl (C=O) groups is 1. The summed E-state index contributed by atoms with van der Waals surface area (Å²) >= 11 is 0. The van der Waals surface area contributed by atoms with Crippen LogP contribution in [0.1, 0.15) is 17.2 Å². The van der Waals surface area contributed by atoms with Crippen molar-refractivity contribution in [3.63, 3.8) is 0 Å². The maximum atomic E-state index is 12.1. The first kappa shape index (κ1) is 18.6. The Morgan fingerprint density at radius 3 is 2.40 bits per heavy atom. The van der Waals surface area contributed by atoms with E-state index in [1.165, 1.54) is 12.0 Å². The Labute approximate surface area is 147 Å². The van der Waals surface area contributed by atoms with Gasteiger partial charge in [0.25, 0.3) is 0 Å². The molecule has 0 aromatic heterocycles. The quantitative estimate of drug-likeness (QED) is 0.835. The van der Waals surface area contributed by atoms with Gasteiger partial charge in [-0.05, 0) is 23.3 Å². The fraction of sp³-hybridized carbons (Fsp3) is 0.316. The van der Waals surface area contributed by atoms with E-state index in [1.807, 2.05) is 30.3 Å². The number of carbonyl (C=O) groups excluding carboxylic acids is 1. The molecule has 0 saturated carbocycles. The first-order valence-electron chi connectivity index (χ1n) is 7.87. The molecule has 2 aromatic rings. The Hall–Kier alpha value is -2.73. The number of methoxy groups -OCH3 is 2. The van der Waals surface area contributed by atoms with E-state index in [0.29, 0.717) is 17.1 Å². The number of nitrogens with zero attached hydrogens (tertiary/aromatic N) is 1. The van der Waals surface area contributed by atoms with Crippen LogP contribution in [0, 0.1) is 0 Å². The molecule has 1 N–H and O–H groups in total. The van der Waals surface area contributed by atoms with Crippen molar-refractivity contribution in [3.8, 4) is 11.5 Å². The van der Waals surface area contributed by atoms with Gasteiger partial charge in [-0.2, -0.15) is 0 Å². The molecule has 6 heteroatoms. The van der Waals surface area contributed by atoms with Crippen LogP contribution in [0.4, 0.5) is 4.79 Å². The fourth-order valence-electron chi connectivity index (χ4n) is 2.33. The summed E-state index contributed by atoms with van der Waals surface area (Å²) in [7, 11) is 4.66. The molecule has 6 nitrogen and oxygen atoms in total. The first-order valence-corrected chi connectivity index (χ1v) is 7.87. The summed E-state index contributed by atoms with van der Waals surface area (Å²) < 4.78 is 15.6. The number of aliphatic hydroxyl groups is 1. The van der Waals surface area contributed by atoms with Gasteiger partial charge < -0.3 is 24.2 Å². The molecule has 0 heterocycles. The second kappa shape index (κ2) is 8.94. The summed E-state index contributed by atoms with van der Waals surface area (Å²) in [5.41, 5.74) is 1.53. The zero-order valence-electron chi connectivity index (χ0n) is 14.6. The maximum Gasteiger partial charge on any atom is 0.409 e. The molecule has 0 saturated heterocycles.